The molecule has 0 aliphatic rings. The molecule has 0 bridgehead atoms. The lowest BCUT2D eigenvalue weighted by Gasteiger charge is -2.15. The Morgan fingerprint density at radius 3 is 2.41 bits per heavy atom. The van der Waals surface area contributed by atoms with Gasteiger partial charge >= 0.3 is 6.18 Å². The summed E-state index contributed by atoms with van der Waals surface area (Å²) in [7, 11) is 0. The lowest BCUT2D eigenvalue weighted by Crippen LogP contribution is -2.17. The highest BCUT2D eigenvalue weighted by molar-refractivity contribution is 6.30. The van der Waals surface area contributed by atoms with Crippen LogP contribution in [-0.4, -0.2) is 10.9 Å². The average Bonchev–Trinajstić information content (AvgIpc) is 2.78. The number of benzene rings is 3. The quantitative estimate of drug-likeness (QED) is 0.349. The minimum absolute atomic E-state index is 0.243. The van der Waals surface area contributed by atoms with Gasteiger partial charge in [-0.3, -0.25) is 4.79 Å². The average molecular weight is 455 g/mol. The van der Waals surface area contributed by atoms with Gasteiger partial charge in [-0.15, -0.1) is 0 Å². The Kier molecular flexibility index (Phi) is 5.89. The molecule has 0 radical (unpaired) electrons. The molecule has 1 N–H and O–H groups in total. The molecule has 0 fully saturated rings. The molecule has 162 valence electrons. The number of nitrogens with zero attached hydrogens (tertiary/aromatic N) is 1. The third kappa shape index (κ3) is 4.46. The molecule has 0 aliphatic heterocycles. The predicted molar refractivity (Wildman–Crippen MR) is 121 cm³/mol. The van der Waals surface area contributed by atoms with Crippen LogP contribution in [0.25, 0.3) is 22.2 Å². The van der Waals surface area contributed by atoms with Gasteiger partial charge in [0.25, 0.3) is 5.91 Å². The molecule has 4 aromatic rings. The van der Waals surface area contributed by atoms with E-state index in [1.807, 2.05) is 25.1 Å². The van der Waals surface area contributed by atoms with Crippen molar-refractivity contribution >= 4 is 34.1 Å². The van der Waals surface area contributed by atoms with Crippen molar-refractivity contribution in [2.45, 2.75) is 19.5 Å². The topological polar surface area (TPSA) is 42.0 Å². The third-order valence-electron chi connectivity index (χ3n) is 5.15. The van der Waals surface area contributed by atoms with Crippen LogP contribution in [0.1, 0.15) is 28.4 Å². The lowest BCUT2D eigenvalue weighted by molar-refractivity contribution is -0.136. The molecule has 0 unspecified atom stereocenters. The molecule has 0 saturated carbocycles. The fraction of sp³-hybridized carbons (Fsp3) is 0.120. The molecule has 1 amide bonds. The van der Waals surface area contributed by atoms with Gasteiger partial charge in [-0.05, 0) is 54.4 Å². The Bertz CT molecular complexity index is 1300. The zero-order chi connectivity index (χ0) is 22.9. The van der Waals surface area contributed by atoms with E-state index in [0.717, 1.165) is 23.6 Å². The van der Waals surface area contributed by atoms with Crippen molar-refractivity contribution in [3.8, 4) is 11.3 Å². The number of hydrogen-bond acceptors (Lipinski definition) is 2. The van der Waals surface area contributed by atoms with Crippen LogP contribution >= 0.6 is 11.6 Å². The van der Waals surface area contributed by atoms with Crippen LogP contribution in [0.15, 0.2) is 72.8 Å². The highest BCUT2D eigenvalue weighted by Gasteiger charge is 2.33. The Morgan fingerprint density at radius 1 is 1.00 bits per heavy atom. The van der Waals surface area contributed by atoms with E-state index in [0.29, 0.717) is 21.6 Å². The number of rotatable bonds is 4. The van der Waals surface area contributed by atoms with Crippen molar-refractivity contribution in [3.63, 3.8) is 0 Å². The van der Waals surface area contributed by atoms with Crippen molar-refractivity contribution in [2.75, 3.05) is 5.32 Å². The predicted octanol–water partition coefficient (Wildman–Crippen LogP) is 7.39. The number of carbonyl (C=O) groups excluding carboxylic acids is 1. The summed E-state index contributed by atoms with van der Waals surface area (Å²) in [6.45, 7) is 1.98. The zero-order valence-corrected chi connectivity index (χ0v) is 17.8. The van der Waals surface area contributed by atoms with Crippen molar-refractivity contribution in [1.82, 2.24) is 4.98 Å². The maximum atomic E-state index is 13.4. The third-order valence-corrected chi connectivity index (χ3v) is 5.40. The Labute approximate surface area is 187 Å². The molecule has 0 saturated heterocycles. The Balaban J connectivity index is 1.84. The van der Waals surface area contributed by atoms with E-state index in [4.69, 9.17) is 11.6 Å². The van der Waals surface area contributed by atoms with Crippen LogP contribution in [0, 0.1) is 0 Å². The summed E-state index contributed by atoms with van der Waals surface area (Å²) < 4.78 is 40.2. The number of aromatic nitrogens is 1. The second-order valence-corrected chi connectivity index (χ2v) is 7.70. The number of alkyl halides is 3. The number of hydrogen-bond donors (Lipinski definition) is 1. The Hall–Kier alpha value is -3.38. The minimum Gasteiger partial charge on any atom is -0.321 e. The normalized spacial score (nSPS) is 11.5. The monoisotopic (exact) mass is 454 g/mol. The molecular weight excluding hydrogens is 437 g/mol. The molecule has 1 aromatic heterocycles. The molecule has 0 spiro atoms. The van der Waals surface area contributed by atoms with Crippen LogP contribution in [0.5, 0.6) is 0 Å². The summed E-state index contributed by atoms with van der Waals surface area (Å²) >= 11 is 5.97. The first-order valence-electron chi connectivity index (χ1n) is 9.93. The van der Waals surface area contributed by atoms with Gasteiger partial charge in [0.05, 0.1) is 28.0 Å². The Morgan fingerprint density at radius 2 is 1.72 bits per heavy atom. The van der Waals surface area contributed by atoms with Crippen LogP contribution in [0.2, 0.25) is 5.02 Å². The molecule has 3 aromatic carbocycles. The number of pyridine rings is 1. The molecule has 0 atom stereocenters. The number of fused-ring (bicyclic) bond motifs is 1. The lowest BCUT2D eigenvalue weighted by atomic mass is 10.0. The summed E-state index contributed by atoms with van der Waals surface area (Å²) in [5.41, 5.74) is 1.86. The van der Waals surface area contributed by atoms with Crippen LogP contribution < -0.4 is 5.32 Å². The van der Waals surface area contributed by atoms with Gasteiger partial charge in [-0.1, -0.05) is 48.9 Å². The van der Waals surface area contributed by atoms with E-state index >= 15 is 0 Å². The molecule has 32 heavy (non-hydrogen) atoms. The minimum atomic E-state index is -4.59. The fourth-order valence-electron chi connectivity index (χ4n) is 3.48. The van der Waals surface area contributed by atoms with Crippen molar-refractivity contribution < 1.29 is 18.0 Å². The number of halogens is 4. The smallest absolute Gasteiger partial charge is 0.321 e. The molecule has 0 aliphatic carbocycles. The number of amides is 1. The van der Waals surface area contributed by atoms with E-state index in [1.54, 1.807) is 30.3 Å². The second-order valence-electron chi connectivity index (χ2n) is 7.26. The van der Waals surface area contributed by atoms with E-state index in [1.165, 1.54) is 18.2 Å². The summed E-state index contributed by atoms with van der Waals surface area (Å²) in [4.78, 5) is 17.9. The summed E-state index contributed by atoms with van der Waals surface area (Å²) in [5.74, 6) is -0.641. The van der Waals surface area contributed by atoms with E-state index in [9.17, 15) is 18.0 Å². The van der Waals surface area contributed by atoms with Gasteiger partial charge in [0.1, 0.15) is 0 Å². The molecule has 4 rings (SSSR count). The summed E-state index contributed by atoms with van der Waals surface area (Å²) in [6.07, 6.45) is -3.85. The van der Waals surface area contributed by atoms with E-state index < -0.39 is 17.6 Å². The number of anilines is 1. The van der Waals surface area contributed by atoms with Crippen molar-refractivity contribution in [3.05, 3.63) is 94.5 Å². The SMILES string of the molecule is CCc1ccc2nc(-c3ccc(Cl)cc3)cc(C(=O)Nc3ccccc3C(F)(F)F)c2c1. The van der Waals surface area contributed by atoms with Gasteiger partial charge < -0.3 is 5.32 Å². The number of carbonyl (C=O) groups is 1. The largest absolute Gasteiger partial charge is 0.418 e. The van der Waals surface area contributed by atoms with E-state index in [2.05, 4.69) is 10.3 Å². The second kappa shape index (κ2) is 8.63. The molecule has 7 heteroatoms. The number of para-hydroxylation sites is 1. The van der Waals surface area contributed by atoms with Gasteiger partial charge in [0.15, 0.2) is 0 Å². The van der Waals surface area contributed by atoms with Crippen LogP contribution in [-0.2, 0) is 12.6 Å². The number of aryl methyl sites for hydroxylation is 1. The molecule has 1 heterocycles. The summed E-state index contributed by atoms with van der Waals surface area (Å²) in [5, 5.41) is 3.58. The van der Waals surface area contributed by atoms with E-state index in [-0.39, 0.29) is 11.3 Å². The fourth-order valence-corrected chi connectivity index (χ4v) is 3.60. The van der Waals surface area contributed by atoms with Crippen LogP contribution in [0.4, 0.5) is 18.9 Å². The van der Waals surface area contributed by atoms with Gasteiger partial charge in [-0.25, -0.2) is 4.98 Å². The highest BCUT2D eigenvalue weighted by atomic mass is 35.5. The standard InChI is InChI=1S/C25H18ClF3N2O/c1-2-15-7-12-21-18(13-15)19(14-23(30-21)16-8-10-17(26)11-9-16)24(32)31-22-6-4-3-5-20(22)25(27,28)29/h3-14H,2H2,1H3,(H,31,32). The highest BCUT2D eigenvalue weighted by Crippen LogP contribution is 2.35. The van der Waals surface area contributed by atoms with Gasteiger partial charge in [0.2, 0.25) is 0 Å². The first-order valence-corrected chi connectivity index (χ1v) is 10.3. The maximum absolute atomic E-state index is 13.4. The van der Waals surface area contributed by atoms with Crippen molar-refractivity contribution in [2.24, 2.45) is 0 Å². The van der Waals surface area contributed by atoms with Gasteiger partial charge in [0, 0.05) is 16.0 Å². The molecule has 3 nitrogen and oxygen atoms in total. The molecular formula is C25H18ClF3N2O. The van der Waals surface area contributed by atoms with Gasteiger partial charge in [-0.2, -0.15) is 13.2 Å². The number of nitrogens with one attached hydrogen (secondary N) is 1. The maximum Gasteiger partial charge on any atom is 0.418 e. The first kappa shape index (κ1) is 21.8. The zero-order valence-electron chi connectivity index (χ0n) is 17.0. The van der Waals surface area contributed by atoms with Crippen molar-refractivity contribution in [1.29, 1.82) is 0 Å². The van der Waals surface area contributed by atoms with Crippen LogP contribution in [0.3, 0.4) is 0 Å². The first-order chi connectivity index (χ1) is 15.3. The summed E-state index contributed by atoms with van der Waals surface area (Å²) in [6, 6.07) is 19.1.